The van der Waals surface area contributed by atoms with Crippen LogP contribution in [0.2, 0.25) is 0 Å². The average molecular weight is 783 g/mol. The van der Waals surface area contributed by atoms with Gasteiger partial charge in [-0.1, -0.05) is 90.1 Å². The molecule has 0 atom stereocenters. The Morgan fingerprint density at radius 3 is 2.27 bits per heavy atom. The Bertz CT molecular complexity index is 1760. The molecule has 1 N–H and O–H groups in total. The van der Waals surface area contributed by atoms with Gasteiger partial charge in [-0.05, 0) is 78.5 Å². The summed E-state index contributed by atoms with van der Waals surface area (Å²) in [6, 6.07) is 16.5. The quantitative estimate of drug-likeness (QED) is 0.101. The van der Waals surface area contributed by atoms with Crippen LogP contribution < -0.4 is 4.74 Å². The van der Waals surface area contributed by atoms with Crippen LogP contribution in [0.25, 0.3) is 32.8 Å². The van der Waals surface area contributed by atoms with Crippen molar-refractivity contribution in [3.05, 3.63) is 77.2 Å². The Labute approximate surface area is 283 Å². The number of allylic oxidation sites excluding steroid dienone is 2. The second-order valence-electron chi connectivity index (χ2n) is 13.9. The van der Waals surface area contributed by atoms with Crippen molar-refractivity contribution < 1.29 is 34.7 Å². The van der Waals surface area contributed by atoms with Gasteiger partial charge in [0.15, 0.2) is 5.78 Å². The maximum Gasteiger partial charge on any atom is 0.162 e. The Hall–Kier alpha value is -3.01. The molecule has 0 saturated carbocycles. The molecule has 0 fully saturated rings. The van der Waals surface area contributed by atoms with E-state index >= 15 is 0 Å². The SMILES string of the molecule is CCC(CC)C(=O)/C=C(\O)C(CC)CC.Cc1c2c([c-]c3ccccc13)-c1nccc3c4c(cc(c13)O2)C(C)(C)CC4(C)C.[Ir]. The van der Waals surface area contributed by atoms with Crippen molar-refractivity contribution in [3.63, 3.8) is 0 Å². The Kier molecular flexibility index (Phi) is 10.4. The van der Waals surface area contributed by atoms with Crippen LogP contribution in [0.15, 0.2) is 54.4 Å². The summed E-state index contributed by atoms with van der Waals surface area (Å²) >= 11 is 0. The van der Waals surface area contributed by atoms with Crippen molar-refractivity contribution in [2.75, 3.05) is 0 Å². The predicted octanol–water partition coefficient (Wildman–Crippen LogP) is 11.1. The smallest absolute Gasteiger partial charge is 0.162 e. The molecular formula is C40H48IrNO3-. The number of carbonyl (C=O) groups excluding carboxylic acids is 1. The molecule has 4 nitrogen and oxygen atoms in total. The molecule has 1 radical (unpaired) electrons. The summed E-state index contributed by atoms with van der Waals surface area (Å²) in [5.74, 6) is 2.38. The zero-order chi connectivity index (χ0) is 32.0. The zero-order valence-corrected chi connectivity index (χ0v) is 30.7. The molecule has 0 unspecified atom stereocenters. The molecule has 0 saturated heterocycles. The summed E-state index contributed by atoms with van der Waals surface area (Å²) in [4.78, 5) is 16.5. The minimum absolute atomic E-state index is 0. The van der Waals surface area contributed by atoms with Gasteiger partial charge >= 0.3 is 0 Å². The van der Waals surface area contributed by atoms with Crippen molar-refractivity contribution >= 4 is 27.3 Å². The normalized spacial score (nSPS) is 15.7. The Balaban J connectivity index is 0.000000249. The molecule has 6 rings (SSSR count). The first-order valence-electron chi connectivity index (χ1n) is 16.4. The van der Waals surface area contributed by atoms with E-state index in [0.717, 1.165) is 71.2 Å². The minimum Gasteiger partial charge on any atom is -0.512 e. The van der Waals surface area contributed by atoms with Crippen molar-refractivity contribution in [1.29, 1.82) is 0 Å². The van der Waals surface area contributed by atoms with E-state index in [0.29, 0.717) is 0 Å². The summed E-state index contributed by atoms with van der Waals surface area (Å²) in [7, 11) is 0. The van der Waals surface area contributed by atoms with Crippen molar-refractivity contribution in [2.45, 2.75) is 105 Å². The van der Waals surface area contributed by atoms with Gasteiger partial charge in [-0.3, -0.25) is 9.78 Å². The van der Waals surface area contributed by atoms with E-state index in [9.17, 15) is 9.90 Å². The van der Waals surface area contributed by atoms with Gasteiger partial charge in [0.1, 0.15) is 5.75 Å². The summed E-state index contributed by atoms with van der Waals surface area (Å²) < 4.78 is 6.60. The molecule has 1 aromatic heterocycles. The van der Waals surface area contributed by atoms with Gasteiger partial charge in [-0.25, -0.2) is 0 Å². The summed E-state index contributed by atoms with van der Waals surface area (Å²) in [5.41, 5.74) is 6.24. The van der Waals surface area contributed by atoms with Crippen LogP contribution in [0, 0.1) is 24.8 Å². The second-order valence-corrected chi connectivity index (χ2v) is 13.9. The summed E-state index contributed by atoms with van der Waals surface area (Å²) in [6.45, 7) is 19.6. The molecule has 2 heterocycles. The van der Waals surface area contributed by atoms with E-state index in [1.165, 1.54) is 28.0 Å². The van der Waals surface area contributed by atoms with Gasteiger partial charge in [0.25, 0.3) is 0 Å². The van der Waals surface area contributed by atoms with Crippen LogP contribution in [0.1, 0.15) is 104 Å². The van der Waals surface area contributed by atoms with Gasteiger partial charge in [0.2, 0.25) is 0 Å². The molecular weight excluding hydrogens is 735 g/mol. The van der Waals surface area contributed by atoms with Crippen LogP contribution >= 0.6 is 0 Å². The average Bonchev–Trinajstić information content (AvgIpc) is 3.18. The van der Waals surface area contributed by atoms with E-state index in [1.807, 2.05) is 33.9 Å². The molecule has 5 heteroatoms. The number of aliphatic hydroxyl groups excluding tert-OH is 1. The maximum atomic E-state index is 11.7. The molecule has 45 heavy (non-hydrogen) atoms. The topological polar surface area (TPSA) is 59.4 Å². The number of ether oxygens (including phenoxy) is 1. The number of rotatable bonds is 7. The van der Waals surface area contributed by atoms with E-state index in [-0.39, 0.29) is 54.3 Å². The molecule has 1 aliphatic carbocycles. The van der Waals surface area contributed by atoms with Crippen molar-refractivity contribution in [3.8, 4) is 22.8 Å². The molecule has 241 valence electrons. The number of fused-ring (bicyclic) bond motifs is 5. The second kappa shape index (κ2) is 13.4. The van der Waals surface area contributed by atoms with Crippen LogP contribution in [0.3, 0.4) is 0 Å². The Morgan fingerprint density at radius 1 is 0.978 bits per heavy atom. The minimum atomic E-state index is 0. The number of benzene rings is 3. The van der Waals surface area contributed by atoms with E-state index in [2.05, 4.69) is 77.1 Å². The standard InChI is InChI=1S/C27H24NO.C13H24O2.Ir/c1-15-17-9-7-6-8-16(17)12-19-24-22-18(10-11-28-24)23-20(13-21(22)29-25(15)19)26(2,3)14-27(23,4)5;1-5-10(6-2)12(14)9-13(15)11(7-3)8-4;/h6-11,13H,14H2,1-5H3;9-11,14H,5-8H2,1-4H3;/q-1;;/b;12-9-;. The summed E-state index contributed by atoms with van der Waals surface area (Å²) in [5, 5.41) is 14.5. The molecule has 0 spiro atoms. The Morgan fingerprint density at radius 2 is 1.62 bits per heavy atom. The number of ketones is 1. The van der Waals surface area contributed by atoms with Crippen LogP contribution in [0.5, 0.6) is 11.5 Å². The first kappa shape index (κ1) is 34.9. The molecule has 3 aromatic carbocycles. The van der Waals surface area contributed by atoms with Gasteiger partial charge in [0.05, 0.1) is 11.5 Å². The van der Waals surface area contributed by atoms with Crippen molar-refractivity contribution in [1.82, 2.24) is 4.98 Å². The van der Waals surface area contributed by atoms with Gasteiger partial charge in [-0.2, -0.15) is 0 Å². The molecule has 4 aromatic rings. The molecule has 1 aliphatic heterocycles. The number of hydrogen-bond donors (Lipinski definition) is 1. The number of pyridine rings is 1. The van der Waals surface area contributed by atoms with E-state index in [1.54, 1.807) is 0 Å². The maximum absolute atomic E-state index is 11.7. The van der Waals surface area contributed by atoms with Gasteiger partial charge in [0, 0.05) is 55.3 Å². The monoisotopic (exact) mass is 783 g/mol. The molecule has 0 bridgehead atoms. The van der Waals surface area contributed by atoms with Gasteiger partial charge < -0.3 is 9.84 Å². The number of aromatic nitrogens is 1. The van der Waals surface area contributed by atoms with Crippen LogP contribution in [-0.2, 0) is 35.7 Å². The summed E-state index contributed by atoms with van der Waals surface area (Å²) in [6.07, 6.45) is 7.99. The number of nitrogens with zero attached hydrogens (tertiary/aromatic N) is 1. The van der Waals surface area contributed by atoms with Gasteiger partial charge in [-0.15, -0.1) is 17.5 Å². The third-order valence-corrected chi connectivity index (χ3v) is 9.99. The zero-order valence-electron chi connectivity index (χ0n) is 28.4. The fourth-order valence-corrected chi connectivity index (χ4v) is 7.77. The number of hydrogen-bond acceptors (Lipinski definition) is 4. The van der Waals surface area contributed by atoms with Crippen LogP contribution in [-0.4, -0.2) is 15.9 Å². The fourth-order valence-electron chi connectivity index (χ4n) is 7.77. The van der Waals surface area contributed by atoms with E-state index < -0.39 is 0 Å². The predicted molar refractivity (Wildman–Crippen MR) is 183 cm³/mol. The number of carbonyl (C=O) groups is 1. The third kappa shape index (κ3) is 6.23. The first-order chi connectivity index (χ1) is 20.9. The fraction of sp³-hybridized carbons (Fsp3) is 0.450. The first-order valence-corrected chi connectivity index (χ1v) is 16.4. The number of aliphatic hydroxyl groups is 1. The van der Waals surface area contributed by atoms with E-state index in [4.69, 9.17) is 9.72 Å². The van der Waals surface area contributed by atoms with Crippen LogP contribution in [0.4, 0.5) is 0 Å². The largest absolute Gasteiger partial charge is 0.512 e. The third-order valence-electron chi connectivity index (χ3n) is 9.99. The number of aryl methyl sites for hydroxylation is 1. The molecule has 2 aliphatic rings. The van der Waals surface area contributed by atoms with Crippen molar-refractivity contribution in [2.24, 2.45) is 11.8 Å². The molecule has 0 amide bonds.